The number of aromatic nitrogens is 2. The molecule has 1 heterocycles. The average molecular weight is 453 g/mol. The molecule has 4 rings (SSSR count). The molecule has 0 aliphatic heterocycles. The van der Waals surface area contributed by atoms with Crippen LogP contribution in [0.15, 0.2) is 81.7 Å². The van der Waals surface area contributed by atoms with Crippen molar-refractivity contribution in [2.24, 2.45) is 0 Å². The smallest absolute Gasteiger partial charge is 0.323 e. The van der Waals surface area contributed by atoms with Crippen LogP contribution >= 0.6 is 15.9 Å². The number of amides is 2. The number of benzene rings is 3. The van der Waals surface area contributed by atoms with Crippen LogP contribution in [0.1, 0.15) is 0 Å². The summed E-state index contributed by atoms with van der Waals surface area (Å²) in [7, 11) is 0. The van der Waals surface area contributed by atoms with Crippen LogP contribution in [0.3, 0.4) is 0 Å². The number of hydrogen-bond donors (Lipinski definition) is 2. The molecular formula is C21H14BrFN4O2. The first-order valence-electron chi connectivity index (χ1n) is 8.61. The molecule has 0 atom stereocenters. The zero-order valence-corrected chi connectivity index (χ0v) is 16.5. The molecule has 1 aromatic heterocycles. The highest BCUT2D eigenvalue weighted by molar-refractivity contribution is 9.10. The van der Waals surface area contributed by atoms with Crippen LogP contribution < -0.4 is 10.6 Å². The second kappa shape index (κ2) is 8.24. The Labute approximate surface area is 173 Å². The average Bonchev–Trinajstić information content (AvgIpc) is 3.20. The number of nitrogens with one attached hydrogen (secondary N) is 2. The standard InChI is InChI=1S/C21H14BrFN4O2/c22-14-7-4-8-15(11-14)24-21(28)25-16-9-10-18(23)17(12-16)20-27-26-19(29-20)13-5-2-1-3-6-13/h1-12H,(H2,24,25,28). The van der Waals surface area contributed by atoms with Gasteiger partial charge in [-0.2, -0.15) is 0 Å². The molecule has 6 nitrogen and oxygen atoms in total. The van der Waals surface area contributed by atoms with Gasteiger partial charge in [-0.05, 0) is 48.5 Å². The third-order valence-corrected chi connectivity index (χ3v) is 4.48. The third kappa shape index (κ3) is 4.49. The van der Waals surface area contributed by atoms with E-state index in [1.165, 1.54) is 18.2 Å². The van der Waals surface area contributed by atoms with Crippen LogP contribution in [0.4, 0.5) is 20.6 Å². The summed E-state index contributed by atoms with van der Waals surface area (Å²) in [5.41, 5.74) is 1.83. The van der Waals surface area contributed by atoms with Crippen molar-refractivity contribution in [3.05, 3.63) is 83.1 Å². The van der Waals surface area contributed by atoms with Gasteiger partial charge in [-0.3, -0.25) is 0 Å². The summed E-state index contributed by atoms with van der Waals surface area (Å²) in [6, 6.07) is 20.0. The monoisotopic (exact) mass is 452 g/mol. The van der Waals surface area contributed by atoms with E-state index < -0.39 is 11.8 Å². The summed E-state index contributed by atoms with van der Waals surface area (Å²) in [6.07, 6.45) is 0. The van der Waals surface area contributed by atoms with E-state index in [-0.39, 0.29) is 17.3 Å². The summed E-state index contributed by atoms with van der Waals surface area (Å²) < 4.78 is 20.8. The Morgan fingerprint density at radius 2 is 1.59 bits per heavy atom. The second-order valence-corrected chi connectivity index (χ2v) is 6.98. The van der Waals surface area contributed by atoms with Gasteiger partial charge in [0.05, 0.1) is 5.56 Å². The highest BCUT2D eigenvalue weighted by atomic mass is 79.9. The van der Waals surface area contributed by atoms with Crippen molar-refractivity contribution in [2.45, 2.75) is 0 Å². The fourth-order valence-electron chi connectivity index (χ4n) is 2.66. The number of halogens is 2. The van der Waals surface area contributed by atoms with E-state index in [1.807, 2.05) is 36.4 Å². The van der Waals surface area contributed by atoms with Crippen molar-refractivity contribution in [3.8, 4) is 22.9 Å². The summed E-state index contributed by atoms with van der Waals surface area (Å²) in [4.78, 5) is 12.2. The molecule has 2 amide bonds. The van der Waals surface area contributed by atoms with Crippen molar-refractivity contribution in [1.29, 1.82) is 0 Å². The Kier molecular flexibility index (Phi) is 5.35. The van der Waals surface area contributed by atoms with Gasteiger partial charge < -0.3 is 15.1 Å². The Morgan fingerprint density at radius 1 is 0.862 bits per heavy atom. The van der Waals surface area contributed by atoms with Crippen molar-refractivity contribution >= 4 is 33.3 Å². The lowest BCUT2D eigenvalue weighted by atomic mass is 10.2. The van der Waals surface area contributed by atoms with E-state index in [2.05, 4.69) is 36.8 Å². The minimum Gasteiger partial charge on any atom is -0.416 e. The molecule has 3 aromatic carbocycles. The van der Waals surface area contributed by atoms with Crippen molar-refractivity contribution in [3.63, 3.8) is 0 Å². The number of anilines is 2. The third-order valence-electron chi connectivity index (χ3n) is 3.98. The van der Waals surface area contributed by atoms with Crippen LogP contribution in [0.25, 0.3) is 22.9 Å². The highest BCUT2D eigenvalue weighted by Gasteiger charge is 2.15. The van der Waals surface area contributed by atoms with Crippen molar-refractivity contribution in [2.75, 3.05) is 10.6 Å². The summed E-state index contributed by atoms with van der Waals surface area (Å²) in [5, 5.41) is 13.3. The van der Waals surface area contributed by atoms with Gasteiger partial charge in [-0.25, -0.2) is 9.18 Å². The van der Waals surface area contributed by atoms with Gasteiger partial charge in [0.1, 0.15) is 5.82 Å². The predicted molar refractivity (Wildman–Crippen MR) is 112 cm³/mol. The van der Waals surface area contributed by atoms with E-state index in [0.717, 1.165) is 10.0 Å². The van der Waals surface area contributed by atoms with Gasteiger partial charge in [0.15, 0.2) is 0 Å². The normalized spacial score (nSPS) is 10.6. The zero-order chi connectivity index (χ0) is 20.2. The molecular weight excluding hydrogens is 439 g/mol. The Morgan fingerprint density at radius 3 is 2.34 bits per heavy atom. The maximum absolute atomic E-state index is 14.3. The van der Waals surface area contributed by atoms with Gasteiger partial charge in [0.2, 0.25) is 5.89 Å². The molecule has 8 heteroatoms. The molecule has 0 saturated heterocycles. The largest absolute Gasteiger partial charge is 0.416 e. The summed E-state index contributed by atoms with van der Waals surface area (Å²) in [5.74, 6) is -0.227. The van der Waals surface area contributed by atoms with Gasteiger partial charge in [-0.1, -0.05) is 40.2 Å². The maximum atomic E-state index is 14.3. The number of hydrogen-bond acceptors (Lipinski definition) is 4. The van der Waals surface area contributed by atoms with Crippen LogP contribution in [-0.4, -0.2) is 16.2 Å². The Hall–Kier alpha value is -3.52. The molecule has 29 heavy (non-hydrogen) atoms. The summed E-state index contributed by atoms with van der Waals surface area (Å²) >= 11 is 3.34. The molecule has 0 bridgehead atoms. The minimum absolute atomic E-state index is 0.0254. The van der Waals surface area contributed by atoms with E-state index in [0.29, 0.717) is 11.4 Å². The molecule has 0 aliphatic carbocycles. The zero-order valence-electron chi connectivity index (χ0n) is 14.9. The van der Waals surface area contributed by atoms with E-state index >= 15 is 0 Å². The molecule has 144 valence electrons. The van der Waals surface area contributed by atoms with Crippen molar-refractivity contribution in [1.82, 2.24) is 10.2 Å². The first kappa shape index (κ1) is 18.8. The fourth-order valence-corrected chi connectivity index (χ4v) is 3.06. The van der Waals surface area contributed by atoms with E-state index in [9.17, 15) is 9.18 Å². The number of carbonyl (C=O) groups excluding carboxylic acids is 1. The predicted octanol–water partition coefficient (Wildman–Crippen LogP) is 5.95. The van der Waals surface area contributed by atoms with Crippen LogP contribution in [0.5, 0.6) is 0 Å². The maximum Gasteiger partial charge on any atom is 0.323 e. The lowest BCUT2D eigenvalue weighted by molar-refractivity contribution is 0.262. The number of urea groups is 1. The molecule has 0 aliphatic rings. The van der Waals surface area contributed by atoms with Gasteiger partial charge >= 0.3 is 6.03 Å². The molecule has 4 aromatic rings. The fraction of sp³-hybridized carbons (Fsp3) is 0. The minimum atomic E-state index is -0.536. The SMILES string of the molecule is O=C(Nc1cccc(Br)c1)Nc1ccc(F)c(-c2nnc(-c3ccccc3)o2)c1. The van der Waals surface area contributed by atoms with Crippen LogP contribution in [0, 0.1) is 5.82 Å². The molecule has 0 spiro atoms. The first-order chi connectivity index (χ1) is 14.1. The topological polar surface area (TPSA) is 80.0 Å². The molecule has 0 fully saturated rings. The second-order valence-electron chi connectivity index (χ2n) is 6.06. The summed E-state index contributed by atoms with van der Waals surface area (Å²) in [6.45, 7) is 0. The quantitative estimate of drug-likeness (QED) is 0.400. The number of nitrogens with zero attached hydrogens (tertiary/aromatic N) is 2. The molecule has 0 unspecified atom stereocenters. The number of carbonyl (C=O) groups is 1. The lowest BCUT2D eigenvalue weighted by Crippen LogP contribution is -2.19. The molecule has 0 radical (unpaired) electrons. The number of rotatable bonds is 4. The first-order valence-corrected chi connectivity index (χ1v) is 9.40. The van der Waals surface area contributed by atoms with E-state index in [4.69, 9.17) is 4.42 Å². The van der Waals surface area contributed by atoms with Gasteiger partial charge in [-0.15, -0.1) is 10.2 Å². The van der Waals surface area contributed by atoms with Crippen LogP contribution in [0.2, 0.25) is 0 Å². The van der Waals surface area contributed by atoms with Crippen LogP contribution in [-0.2, 0) is 0 Å². The lowest BCUT2D eigenvalue weighted by Gasteiger charge is -2.09. The Bertz CT molecular complexity index is 1160. The van der Waals surface area contributed by atoms with E-state index in [1.54, 1.807) is 18.2 Å². The molecule has 2 N–H and O–H groups in total. The Balaban J connectivity index is 1.53. The van der Waals surface area contributed by atoms with Gasteiger partial charge in [0, 0.05) is 21.4 Å². The highest BCUT2D eigenvalue weighted by Crippen LogP contribution is 2.28. The van der Waals surface area contributed by atoms with Crippen molar-refractivity contribution < 1.29 is 13.6 Å². The van der Waals surface area contributed by atoms with Gasteiger partial charge in [0.25, 0.3) is 5.89 Å². The molecule has 0 saturated carbocycles.